The number of nitrogens with one attached hydrogen (secondary N) is 2. The van der Waals surface area contributed by atoms with Crippen LogP contribution in [0.3, 0.4) is 0 Å². The predicted molar refractivity (Wildman–Crippen MR) is 71.2 cm³/mol. The average Bonchev–Trinajstić information content (AvgIpc) is 2.37. The lowest BCUT2D eigenvalue weighted by Gasteiger charge is -2.23. The number of amides is 3. The molecule has 102 valence electrons. The SMILES string of the molecule is C=C(CNC(C)(C)C)CN1C(=O)NC(C)(C)C1=O. The van der Waals surface area contributed by atoms with E-state index in [-0.39, 0.29) is 24.0 Å². The smallest absolute Gasteiger partial charge is 0.324 e. The average molecular weight is 253 g/mol. The zero-order chi connectivity index (χ0) is 14.1. The van der Waals surface area contributed by atoms with Gasteiger partial charge in [-0.15, -0.1) is 0 Å². The van der Waals surface area contributed by atoms with E-state index >= 15 is 0 Å². The maximum atomic E-state index is 12.0. The number of hydrogen-bond donors (Lipinski definition) is 2. The van der Waals surface area contributed by atoms with E-state index in [1.165, 1.54) is 4.90 Å². The molecule has 0 saturated carbocycles. The molecule has 0 aliphatic carbocycles. The summed E-state index contributed by atoms with van der Waals surface area (Å²) >= 11 is 0. The van der Waals surface area contributed by atoms with Crippen molar-refractivity contribution in [2.24, 2.45) is 0 Å². The van der Waals surface area contributed by atoms with E-state index in [9.17, 15) is 9.59 Å². The minimum Gasteiger partial charge on any atom is -0.324 e. The number of carbonyl (C=O) groups is 2. The molecule has 1 aliphatic heterocycles. The molecule has 0 unspecified atom stereocenters. The van der Waals surface area contributed by atoms with Crippen LogP contribution in [0.5, 0.6) is 0 Å². The number of rotatable bonds is 4. The van der Waals surface area contributed by atoms with Crippen molar-refractivity contribution >= 4 is 11.9 Å². The number of nitrogens with zero attached hydrogens (tertiary/aromatic N) is 1. The first-order chi connectivity index (χ1) is 8.03. The van der Waals surface area contributed by atoms with E-state index < -0.39 is 5.54 Å². The van der Waals surface area contributed by atoms with Gasteiger partial charge in [-0.05, 0) is 40.2 Å². The zero-order valence-corrected chi connectivity index (χ0v) is 11.9. The Morgan fingerprint density at radius 3 is 2.33 bits per heavy atom. The highest BCUT2D eigenvalue weighted by Crippen LogP contribution is 2.17. The van der Waals surface area contributed by atoms with Crippen LogP contribution in [0, 0.1) is 0 Å². The third-order valence-corrected chi connectivity index (χ3v) is 2.69. The molecular formula is C13H23N3O2. The summed E-state index contributed by atoms with van der Waals surface area (Å²) in [6.45, 7) is 14.3. The van der Waals surface area contributed by atoms with Crippen LogP contribution < -0.4 is 10.6 Å². The molecule has 0 aromatic rings. The summed E-state index contributed by atoms with van der Waals surface area (Å²) in [4.78, 5) is 24.8. The van der Waals surface area contributed by atoms with Gasteiger partial charge in [-0.2, -0.15) is 0 Å². The van der Waals surface area contributed by atoms with Crippen LogP contribution in [0.4, 0.5) is 4.79 Å². The summed E-state index contributed by atoms with van der Waals surface area (Å²) in [6, 6.07) is -0.345. The van der Waals surface area contributed by atoms with Crippen LogP contribution in [0.15, 0.2) is 12.2 Å². The molecule has 1 saturated heterocycles. The Labute approximate surface area is 109 Å². The van der Waals surface area contributed by atoms with Crippen molar-refractivity contribution in [1.29, 1.82) is 0 Å². The van der Waals surface area contributed by atoms with Gasteiger partial charge in [0.25, 0.3) is 5.91 Å². The van der Waals surface area contributed by atoms with Gasteiger partial charge in [-0.1, -0.05) is 6.58 Å². The third-order valence-electron chi connectivity index (χ3n) is 2.69. The minimum atomic E-state index is -0.811. The molecule has 3 amide bonds. The molecule has 0 radical (unpaired) electrons. The normalized spacial score (nSPS) is 19.1. The molecule has 18 heavy (non-hydrogen) atoms. The lowest BCUT2D eigenvalue weighted by Crippen LogP contribution is -2.41. The second kappa shape index (κ2) is 4.72. The molecule has 1 fully saturated rings. The number of hydrogen-bond acceptors (Lipinski definition) is 3. The van der Waals surface area contributed by atoms with Crippen LogP contribution in [-0.4, -0.2) is 41.0 Å². The fourth-order valence-corrected chi connectivity index (χ4v) is 1.63. The van der Waals surface area contributed by atoms with E-state index in [1.54, 1.807) is 13.8 Å². The highest BCUT2D eigenvalue weighted by atomic mass is 16.2. The van der Waals surface area contributed by atoms with E-state index in [4.69, 9.17) is 0 Å². The molecule has 0 aromatic heterocycles. The maximum absolute atomic E-state index is 12.0. The largest absolute Gasteiger partial charge is 0.325 e. The van der Waals surface area contributed by atoms with E-state index in [2.05, 4.69) is 38.0 Å². The van der Waals surface area contributed by atoms with E-state index in [0.29, 0.717) is 6.54 Å². The van der Waals surface area contributed by atoms with Gasteiger partial charge in [0, 0.05) is 12.1 Å². The second-order valence-electron chi connectivity index (χ2n) is 6.30. The van der Waals surface area contributed by atoms with Crippen LogP contribution in [0.25, 0.3) is 0 Å². The zero-order valence-electron chi connectivity index (χ0n) is 11.9. The summed E-state index contributed by atoms with van der Waals surface area (Å²) in [7, 11) is 0. The van der Waals surface area contributed by atoms with Crippen LogP contribution in [-0.2, 0) is 4.79 Å². The molecule has 0 atom stereocenters. The van der Waals surface area contributed by atoms with Crippen LogP contribution in [0.2, 0.25) is 0 Å². The van der Waals surface area contributed by atoms with Gasteiger partial charge in [-0.25, -0.2) is 4.79 Å². The van der Waals surface area contributed by atoms with E-state index in [1.807, 2.05) is 0 Å². The minimum absolute atomic E-state index is 0.0144. The topological polar surface area (TPSA) is 61.4 Å². The Morgan fingerprint density at radius 1 is 1.39 bits per heavy atom. The molecule has 0 bridgehead atoms. The third kappa shape index (κ3) is 3.57. The molecule has 5 nitrogen and oxygen atoms in total. The molecule has 1 rings (SSSR count). The molecule has 1 aliphatic rings. The van der Waals surface area contributed by atoms with Gasteiger partial charge < -0.3 is 10.6 Å². The van der Waals surface area contributed by atoms with Gasteiger partial charge in [0.2, 0.25) is 0 Å². The summed E-state index contributed by atoms with van der Waals surface area (Å²) < 4.78 is 0. The molecule has 1 heterocycles. The highest BCUT2D eigenvalue weighted by Gasteiger charge is 2.44. The van der Waals surface area contributed by atoms with Crippen molar-refractivity contribution in [1.82, 2.24) is 15.5 Å². The quantitative estimate of drug-likeness (QED) is 0.586. The van der Waals surface area contributed by atoms with Gasteiger partial charge in [0.15, 0.2) is 0 Å². The Bertz CT molecular complexity index is 380. The molecule has 0 aromatic carbocycles. The Balaban J connectivity index is 2.56. The fourth-order valence-electron chi connectivity index (χ4n) is 1.63. The first-order valence-electron chi connectivity index (χ1n) is 6.09. The van der Waals surface area contributed by atoms with Crippen molar-refractivity contribution in [3.05, 3.63) is 12.2 Å². The van der Waals surface area contributed by atoms with Crippen molar-refractivity contribution in [2.45, 2.75) is 45.7 Å². The van der Waals surface area contributed by atoms with Gasteiger partial charge in [0.05, 0.1) is 6.54 Å². The Morgan fingerprint density at radius 2 is 1.94 bits per heavy atom. The lowest BCUT2D eigenvalue weighted by atomic mass is 10.1. The fraction of sp³-hybridized carbons (Fsp3) is 0.692. The highest BCUT2D eigenvalue weighted by molar-refractivity contribution is 6.06. The van der Waals surface area contributed by atoms with Crippen LogP contribution >= 0.6 is 0 Å². The molecular weight excluding hydrogens is 230 g/mol. The predicted octanol–water partition coefficient (Wildman–Crippen LogP) is 1.26. The first kappa shape index (κ1) is 14.7. The van der Waals surface area contributed by atoms with Crippen LogP contribution in [0.1, 0.15) is 34.6 Å². The van der Waals surface area contributed by atoms with Crippen molar-refractivity contribution in [3.8, 4) is 0 Å². The first-order valence-corrected chi connectivity index (χ1v) is 6.09. The van der Waals surface area contributed by atoms with Crippen molar-refractivity contribution in [2.75, 3.05) is 13.1 Å². The Kier molecular flexibility index (Phi) is 3.86. The molecule has 0 spiro atoms. The lowest BCUT2D eigenvalue weighted by molar-refractivity contribution is -0.129. The summed E-state index contributed by atoms with van der Waals surface area (Å²) in [5.74, 6) is -0.204. The number of urea groups is 1. The monoisotopic (exact) mass is 253 g/mol. The van der Waals surface area contributed by atoms with Gasteiger partial charge >= 0.3 is 6.03 Å². The maximum Gasteiger partial charge on any atom is 0.325 e. The molecule has 5 heteroatoms. The summed E-state index contributed by atoms with van der Waals surface area (Å²) in [5, 5.41) is 5.92. The summed E-state index contributed by atoms with van der Waals surface area (Å²) in [6.07, 6.45) is 0. The van der Waals surface area contributed by atoms with Crippen molar-refractivity contribution in [3.63, 3.8) is 0 Å². The van der Waals surface area contributed by atoms with Crippen molar-refractivity contribution < 1.29 is 9.59 Å². The second-order valence-corrected chi connectivity index (χ2v) is 6.30. The number of imide groups is 1. The number of carbonyl (C=O) groups excluding carboxylic acids is 2. The standard InChI is InChI=1S/C13H23N3O2/c1-9(7-14-12(2,3)4)8-16-10(17)13(5,6)15-11(16)18/h14H,1,7-8H2,2-6H3,(H,15,18). The van der Waals surface area contributed by atoms with Gasteiger partial charge in [0.1, 0.15) is 5.54 Å². The van der Waals surface area contributed by atoms with E-state index in [0.717, 1.165) is 5.57 Å². The van der Waals surface area contributed by atoms with Gasteiger partial charge in [-0.3, -0.25) is 9.69 Å². The molecule has 2 N–H and O–H groups in total. The summed E-state index contributed by atoms with van der Waals surface area (Å²) in [5.41, 5.74) is -0.0139. The Hall–Kier alpha value is -1.36.